The number of anilines is 1. The summed E-state index contributed by atoms with van der Waals surface area (Å²) in [4.78, 5) is 14.3. The molecule has 6 heteroatoms. The monoisotopic (exact) mass is 248 g/mol. The number of nitro groups is 1. The zero-order valence-corrected chi connectivity index (χ0v) is 10.8. The molecule has 0 aliphatic heterocycles. The summed E-state index contributed by atoms with van der Waals surface area (Å²) >= 11 is 0. The van der Waals surface area contributed by atoms with E-state index in [1.165, 1.54) is 12.1 Å². The molecule has 0 N–H and O–H groups in total. The van der Waals surface area contributed by atoms with Gasteiger partial charge >= 0.3 is 0 Å². The minimum absolute atomic E-state index is 0.0877. The van der Waals surface area contributed by atoms with Gasteiger partial charge in [0.05, 0.1) is 4.92 Å². The summed E-state index contributed by atoms with van der Waals surface area (Å²) in [5.41, 5.74) is 0.680. The van der Waals surface area contributed by atoms with Crippen LogP contribution in [0.1, 0.15) is 5.56 Å². The van der Waals surface area contributed by atoms with Gasteiger partial charge in [0, 0.05) is 31.9 Å². The zero-order chi connectivity index (χ0) is 13.7. The van der Waals surface area contributed by atoms with Crippen molar-refractivity contribution in [3.05, 3.63) is 33.9 Å². The van der Waals surface area contributed by atoms with Gasteiger partial charge in [0.15, 0.2) is 0 Å². The van der Waals surface area contributed by atoms with E-state index >= 15 is 0 Å². The Kier molecular flexibility index (Phi) is 4.63. The van der Waals surface area contributed by atoms with Crippen molar-refractivity contribution in [3.8, 4) is 6.07 Å². The van der Waals surface area contributed by atoms with Crippen molar-refractivity contribution in [1.29, 1.82) is 5.26 Å². The molecular formula is C12H16N4O2. The number of nitrogens with zero attached hydrogens (tertiary/aromatic N) is 4. The van der Waals surface area contributed by atoms with Gasteiger partial charge in [0.2, 0.25) is 0 Å². The van der Waals surface area contributed by atoms with Crippen molar-refractivity contribution in [2.75, 3.05) is 39.1 Å². The highest BCUT2D eigenvalue weighted by Crippen LogP contribution is 2.24. The molecule has 0 unspecified atom stereocenters. The van der Waals surface area contributed by atoms with E-state index in [2.05, 4.69) is 0 Å². The number of hydrogen-bond acceptors (Lipinski definition) is 5. The highest BCUT2D eigenvalue weighted by Gasteiger charge is 2.15. The molecule has 6 nitrogen and oxygen atoms in total. The summed E-state index contributed by atoms with van der Waals surface area (Å²) in [6.07, 6.45) is 0. The zero-order valence-electron chi connectivity index (χ0n) is 10.8. The van der Waals surface area contributed by atoms with Crippen LogP contribution in [-0.4, -0.2) is 44.1 Å². The van der Waals surface area contributed by atoms with Gasteiger partial charge in [-0.25, -0.2) is 0 Å². The minimum atomic E-state index is -0.526. The summed E-state index contributed by atoms with van der Waals surface area (Å²) < 4.78 is 0. The topological polar surface area (TPSA) is 73.4 Å². The molecule has 0 aliphatic rings. The van der Waals surface area contributed by atoms with Crippen LogP contribution in [0.5, 0.6) is 0 Å². The molecule has 96 valence electrons. The molecule has 0 heterocycles. The second kappa shape index (κ2) is 5.98. The van der Waals surface area contributed by atoms with Crippen molar-refractivity contribution in [2.45, 2.75) is 0 Å². The predicted octanol–water partition coefficient (Wildman–Crippen LogP) is 1.46. The number of rotatable bonds is 5. The van der Waals surface area contributed by atoms with E-state index in [4.69, 9.17) is 5.26 Å². The van der Waals surface area contributed by atoms with Crippen LogP contribution >= 0.6 is 0 Å². The average molecular weight is 248 g/mol. The Hall–Kier alpha value is -2.13. The van der Waals surface area contributed by atoms with Crippen molar-refractivity contribution in [2.24, 2.45) is 0 Å². The van der Waals surface area contributed by atoms with Crippen molar-refractivity contribution < 1.29 is 4.92 Å². The highest BCUT2D eigenvalue weighted by molar-refractivity contribution is 5.60. The summed E-state index contributed by atoms with van der Waals surface area (Å²) in [5.74, 6) is 0. The van der Waals surface area contributed by atoms with E-state index in [0.717, 1.165) is 18.8 Å². The summed E-state index contributed by atoms with van der Waals surface area (Å²) in [6.45, 7) is 1.61. The Morgan fingerprint density at radius 1 is 1.33 bits per heavy atom. The SMILES string of the molecule is CN(C)CCN(C)c1ccc(C#N)c([N+](=O)[O-])c1. The van der Waals surface area contributed by atoms with Crippen LogP contribution < -0.4 is 4.90 Å². The molecule has 1 aromatic carbocycles. The van der Waals surface area contributed by atoms with Gasteiger partial charge in [-0.3, -0.25) is 10.1 Å². The standard InChI is InChI=1S/C12H16N4O2/c1-14(2)6-7-15(3)11-5-4-10(9-13)12(8-11)16(17)18/h4-5,8H,6-7H2,1-3H3. The maximum Gasteiger partial charge on any atom is 0.289 e. The lowest BCUT2D eigenvalue weighted by atomic mass is 10.1. The summed E-state index contributed by atoms with van der Waals surface area (Å²) in [7, 11) is 5.80. The van der Waals surface area contributed by atoms with Crippen LogP contribution in [0.25, 0.3) is 0 Å². The molecule has 0 radical (unpaired) electrons. The molecule has 0 saturated heterocycles. The molecular weight excluding hydrogens is 232 g/mol. The highest BCUT2D eigenvalue weighted by atomic mass is 16.6. The largest absolute Gasteiger partial charge is 0.373 e. The molecule has 0 bridgehead atoms. The Labute approximate surface area is 106 Å². The van der Waals surface area contributed by atoms with Gasteiger partial charge in [-0.1, -0.05) is 0 Å². The van der Waals surface area contributed by atoms with Gasteiger partial charge in [-0.2, -0.15) is 5.26 Å². The molecule has 0 atom stereocenters. The number of nitriles is 1. The van der Waals surface area contributed by atoms with Crippen molar-refractivity contribution in [1.82, 2.24) is 4.90 Å². The molecule has 1 rings (SSSR count). The quantitative estimate of drug-likeness (QED) is 0.582. The predicted molar refractivity (Wildman–Crippen MR) is 69.6 cm³/mol. The van der Waals surface area contributed by atoms with Crippen molar-refractivity contribution >= 4 is 11.4 Å². The van der Waals surface area contributed by atoms with Gasteiger partial charge in [-0.05, 0) is 26.2 Å². The van der Waals surface area contributed by atoms with Gasteiger partial charge in [0.1, 0.15) is 11.6 Å². The lowest BCUT2D eigenvalue weighted by Crippen LogP contribution is -2.28. The first kappa shape index (κ1) is 13.9. The van der Waals surface area contributed by atoms with Crippen LogP contribution in [0, 0.1) is 21.4 Å². The number of hydrogen-bond donors (Lipinski definition) is 0. The second-order valence-electron chi connectivity index (χ2n) is 4.30. The molecule has 0 spiro atoms. The van der Waals surface area contributed by atoms with E-state index in [-0.39, 0.29) is 11.3 Å². The maximum atomic E-state index is 10.8. The fourth-order valence-corrected chi connectivity index (χ4v) is 1.48. The van der Waals surface area contributed by atoms with Gasteiger partial charge in [0.25, 0.3) is 5.69 Å². The van der Waals surface area contributed by atoms with Crippen LogP contribution in [0.3, 0.4) is 0 Å². The lowest BCUT2D eigenvalue weighted by molar-refractivity contribution is -0.385. The Balaban J connectivity index is 2.94. The number of likely N-dealkylation sites (N-methyl/N-ethyl adjacent to an activating group) is 2. The Bertz CT molecular complexity index is 479. The first-order valence-corrected chi connectivity index (χ1v) is 5.50. The number of benzene rings is 1. The number of nitro benzene ring substituents is 1. The van der Waals surface area contributed by atoms with Gasteiger partial charge < -0.3 is 9.80 Å². The third-order valence-corrected chi connectivity index (χ3v) is 2.62. The smallest absolute Gasteiger partial charge is 0.289 e. The normalized spacial score (nSPS) is 10.2. The molecule has 18 heavy (non-hydrogen) atoms. The first-order valence-electron chi connectivity index (χ1n) is 5.50. The maximum absolute atomic E-state index is 10.8. The first-order chi connectivity index (χ1) is 8.45. The Morgan fingerprint density at radius 3 is 2.50 bits per heavy atom. The molecule has 0 saturated carbocycles. The van der Waals surface area contributed by atoms with E-state index < -0.39 is 4.92 Å². The summed E-state index contributed by atoms with van der Waals surface area (Å²) in [6, 6.07) is 6.47. The van der Waals surface area contributed by atoms with E-state index in [0.29, 0.717) is 0 Å². The molecule has 0 aromatic heterocycles. The van der Waals surface area contributed by atoms with E-state index in [1.807, 2.05) is 37.0 Å². The lowest BCUT2D eigenvalue weighted by Gasteiger charge is -2.21. The molecule has 0 aliphatic carbocycles. The van der Waals surface area contributed by atoms with Crippen LogP contribution in [-0.2, 0) is 0 Å². The van der Waals surface area contributed by atoms with Gasteiger partial charge in [-0.15, -0.1) is 0 Å². The third-order valence-electron chi connectivity index (χ3n) is 2.62. The fourth-order valence-electron chi connectivity index (χ4n) is 1.48. The third kappa shape index (κ3) is 3.43. The average Bonchev–Trinajstić information content (AvgIpc) is 2.34. The molecule has 0 amide bonds. The van der Waals surface area contributed by atoms with E-state index in [9.17, 15) is 10.1 Å². The minimum Gasteiger partial charge on any atom is -0.373 e. The van der Waals surface area contributed by atoms with E-state index in [1.54, 1.807) is 6.07 Å². The second-order valence-corrected chi connectivity index (χ2v) is 4.30. The van der Waals surface area contributed by atoms with Crippen molar-refractivity contribution in [3.63, 3.8) is 0 Å². The fraction of sp³-hybridized carbons (Fsp3) is 0.417. The van der Waals surface area contributed by atoms with Crippen LogP contribution in [0.4, 0.5) is 11.4 Å². The molecule has 0 fully saturated rings. The van der Waals surface area contributed by atoms with Crippen LogP contribution in [0.2, 0.25) is 0 Å². The van der Waals surface area contributed by atoms with Crippen LogP contribution in [0.15, 0.2) is 18.2 Å². The molecule has 1 aromatic rings. The summed E-state index contributed by atoms with van der Waals surface area (Å²) in [5, 5.41) is 19.6. The Morgan fingerprint density at radius 2 is 2.00 bits per heavy atom.